The van der Waals surface area contributed by atoms with Gasteiger partial charge in [0.1, 0.15) is 11.6 Å². The van der Waals surface area contributed by atoms with E-state index in [1.807, 2.05) is 54.6 Å². The highest BCUT2D eigenvalue weighted by Crippen LogP contribution is 2.22. The Balaban J connectivity index is 0.000000179. The van der Waals surface area contributed by atoms with Crippen molar-refractivity contribution in [3.05, 3.63) is 95.5 Å². The fraction of sp³-hybridized carbons (Fsp3) is 0.154. The smallest absolute Gasteiger partial charge is 0.134 e. The predicted molar refractivity (Wildman–Crippen MR) is 124 cm³/mol. The van der Waals surface area contributed by atoms with Crippen molar-refractivity contribution >= 4 is 44.7 Å². The van der Waals surface area contributed by atoms with Crippen molar-refractivity contribution in [1.29, 1.82) is 0 Å². The maximum absolute atomic E-state index is 11.1. The van der Waals surface area contributed by atoms with E-state index in [9.17, 15) is 9.59 Å². The van der Waals surface area contributed by atoms with Crippen LogP contribution in [0.15, 0.2) is 84.9 Å². The first-order valence-electron chi connectivity index (χ1n) is 9.45. The Labute approximate surface area is 177 Å². The van der Waals surface area contributed by atoms with Crippen LogP contribution in [0, 0.1) is 0 Å². The van der Waals surface area contributed by atoms with Crippen molar-refractivity contribution in [1.82, 2.24) is 0 Å². The molecular formula is C26H25ClO2. The van der Waals surface area contributed by atoms with Gasteiger partial charge in [-0.3, -0.25) is 4.79 Å². The molecule has 0 unspecified atom stereocenters. The zero-order valence-electron chi connectivity index (χ0n) is 17.0. The minimum absolute atomic E-state index is 0.167. The van der Waals surface area contributed by atoms with Crippen LogP contribution in [0.5, 0.6) is 0 Å². The van der Waals surface area contributed by atoms with E-state index in [4.69, 9.17) is 11.6 Å². The van der Waals surface area contributed by atoms with Crippen molar-refractivity contribution in [2.24, 2.45) is 0 Å². The summed E-state index contributed by atoms with van der Waals surface area (Å²) >= 11 is 5.96. The third kappa shape index (κ3) is 7.17. The van der Waals surface area contributed by atoms with Gasteiger partial charge in [-0.2, -0.15) is 0 Å². The Morgan fingerprint density at radius 3 is 1.66 bits per heavy atom. The van der Waals surface area contributed by atoms with Crippen LogP contribution in [0.1, 0.15) is 26.3 Å². The molecule has 4 aromatic carbocycles. The zero-order valence-corrected chi connectivity index (χ0v) is 17.7. The Hall–Kier alpha value is -2.97. The Kier molecular flexibility index (Phi) is 8.57. The third-order valence-electron chi connectivity index (χ3n) is 4.06. The van der Waals surface area contributed by atoms with Crippen LogP contribution >= 0.6 is 11.6 Å². The summed E-state index contributed by atoms with van der Waals surface area (Å²) in [5.41, 5.74) is 1.12. The number of fused-ring (bicyclic) bond motifs is 2. The molecule has 0 bridgehead atoms. The molecule has 0 radical (unpaired) electrons. The minimum atomic E-state index is 0.167. The summed E-state index contributed by atoms with van der Waals surface area (Å²) in [4.78, 5) is 20.5. The second-order valence-corrected chi connectivity index (χ2v) is 7.29. The van der Waals surface area contributed by atoms with Crippen LogP contribution in [0.3, 0.4) is 0 Å². The lowest BCUT2D eigenvalue weighted by Crippen LogP contribution is -1.96. The second-order valence-electron chi connectivity index (χ2n) is 6.89. The molecule has 0 saturated heterocycles. The van der Waals surface area contributed by atoms with E-state index in [0.29, 0.717) is 6.42 Å². The van der Waals surface area contributed by atoms with Crippen LogP contribution in [0.25, 0.3) is 21.5 Å². The van der Waals surface area contributed by atoms with Gasteiger partial charge in [0, 0.05) is 16.8 Å². The van der Waals surface area contributed by atoms with Crippen LogP contribution in [0.4, 0.5) is 0 Å². The summed E-state index contributed by atoms with van der Waals surface area (Å²) in [7, 11) is 0. The van der Waals surface area contributed by atoms with Crippen LogP contribution in [-0.2, 0) is 16.0 Å². The quantitative estimate of drug-likeness (QED) is 0.358. The highest BCUT2D eigenvalue weighted by Gasteiger charge is 2.01. The van der Waals surface area contributed by atoms with Gasteiger partial charge >= 0.3 is 0 Å². The lowest BCUT2D eigenvalue weighted by atomic mass is 10.0. The number of hydrogen-bond donors (Lipinski definition) is 0. The maximum Gasteiger partial charge on any atom is 0.134 e. The highest BCUT2D eigenvalue weighted by molar-refractivity contribution is 6.35. The average Bonchev–Trinajstić information content (AvgIpc) is 2.68. The van der Waals surface area contributed by atoms with Crippen molar-refractivity contribution < 1.29 is 9.59 Å². The number of rotatable bonds is 2. The SMILES string of the molecule is CC(=O)Cc1cccc2ccccc12.CC(C)=O.Clc1cccc2ccccc12. The molecule has 4 aromatic rings. The zero-order chi connectivity index (χ0) is 21.2. The lowest BCUT2D eigenvalue weighted by Gasteiger charge is -2.03. The summed E-state index contributed by atoms with van der Waals surface area (Å²) in [6, 6.07) is 28.3. The van der Waals surface area contributed by atoms with E-state index in [1.165, 1.54) is 30.0 Å². The predicted octanol–water partition coefficient (Wildman–Crippen LogP) is 7.06. The van der Waals surface area contributed by atoms with Crippen molar-refractivity contribution in [2.75, 3.05) is 0 Å². The monoisotopic (exact) mass is 404 g/mol. The van der Waals surface area contributed by atoms with Gasteiger partial charge < -0.3 is 4.79 Å². The first kappa shape index (κ1) is 22.3. The number of Topliss-reactive ketones (excluding diaryl/α,β-unsaturated/α-hetero) is 2. The van der Waals surface area contributed by atoms with Gasteiger partial charge in [0.05, 0.1) is 0 Å². The number of benzene rings is 4. The summed E-state index contributed by atoms with van der Waals surface area (Å²) in [6.07, 6.45) is 0.529. The number of carbonyl (C=O) groups excluding carboxylic acids is 2. The van der Waals surface area contributed by atoms with Crippen LogP contribution in [0.2, 0.25) is 5.02 Å². The van der Waals surface area contributed by atoms with Crippen molar-refractivity contribution in [2.45, 2.75) is 27.2 Å². The summed E-state index contributed by atoms with van der Waals surface area (Å²) in [5, 5.41) is 5.52. The number of hydrogen-bond acceptors (Lipinski definition) is 2. The average molecular weight is 405 g/mol. The van der Waals surface area contributed by atoms with E-state index >= 15 is 0 Å². The molecule has 0 aliphatic heterocycles. The number of ketones is 2. The van der Waals surface area contributed by atoms with Crippen LogP contribution < -0.4 is 0 Å². The molecule has 0 atom stereocenters. The first-order valence-corrected chi connectivity index (χ1v) is 9.83. The number of halogens is 1. The van der Waals surface area contributed by atoms with E-state index in [1.54, 1.807) is 6.92 Å². The van der Waals surface area contributed by atoms with Crippen molar-refractivity contribution in [3.63, 3.8) is 0 Å². The molecular weight excluding hydrogens is 380 g/mol. The summed E-state index contributed by atoms with van der Waals surface area (Å²) < 4.78 is 0. The molecule has 0 saturated carbocycles. The molecule has 0 aliphatic rings. The topological polar surface area (TPSA) is 34.1 Å². The standard InChI is InChI=1S/C13H12O.C10H7Cl.C3H6O/c1-10(14)9-12-7-4-6-11-5-2-3-8-13(11)12;11-10-7-3-5-8-4-1-2-6-9(8)10;1-3(2)4/h2-8H,9H2,1H3;1-7H;1-2H3. The largest absolute Gasteiger partial charge is 0.300 e. The molecule has 148 valence electrons. The molecule has 4 rings (SSSR count). The maximum atomic E-state index is 11.1. The molecule has 0 spiro atoms. The van der Waals surface area contributed by atoms with Gasteiger partial charge in [0.2, 0.25) is 0 Å². The van der Waals surface area contributed by atoms with E-state index in [2.05, 4.69) is 30.3 Å². The Morgan fingerprint density at radius 1 is 0.655 bits per heavy atom. The molecule has 0 aliphatic carbocycles. The van der Waals surface area contributed by atoms with E-state index in [-0.39, 0.29) is 11.6 Å². The second kappa shape index (κ2) is 11.1. The van der Waals surface area contributed by atoms with Gasteiger partial charge in [-0.15, -0.1) is 0 Å². The van der Waals surface area contributed by atoms with E-state index < -0.39 is 0 Å². The first-order chi connectivity index (χ1) is 13.9. The Bertz CT molecular complexity index is 1100. The molecule has 0 amide bonds. The highest BCUT2D eigenvalue weighted by atomic mass is 35.5. The van der Waals surface area contributed by atoms with E-state index in [0.717, 1.165) is 16.0 Å². The molecule has 29 heavy (non-hydrogen) atoms. The fourth-order valence-electron chi connectivity index (χ4n) is 2.90. The normalized spacial score (nSPS) is 9.79. The van der Waals surface area contributed by atoms with Gasteiger partial charge in [-0.1, -0.05) is 90.5 Å². The number of carbonyl (C=O) groups is 2. The molecule has 0 N–H and O–H groups in total. The van der Waals surface area contributed by atoms with Gasteiger partial charge in [-0.25, -0.2) is 0 Å². The Morgan fingerprint density at radius 2 is 1.10 bits per heavy atom. The minimum Gasteiger partial charge on any atom is -0.300 e. The fourth-order valence-corrected chi connectivity index (χ4v) is 3.15. The third-order valence-corrected chi connectivity index (χ3v) is 4.39. The molecule has 3 heteroatoms. The summed E-state index contributed by atoms with van der Waals surface area (Å²) in [6.45, 7) is 4.68. The van der Waals surface area contributed by atoms with Gasteiger partial charge in [0.15, 0.2) is 0 Å². The molecule has 0 heterocycles. The molecule has 2 nitrogen and oxygen atoms in total. The van der Waals surface area contributed by atoms with Gasteiger partial charge in [-0.05, 0) is 48.6 Å². The van der Waals surface area contributed by atoms with Crippen molar-refractivity contribution in [3.8, 4) is 0 Å². The lowest BCUT2D eigenvalue weighted by molar-refractivity contribution is -0.116. The van der Waals surface area contributed by atoms with Gasteiger partial charge in [0.25, 0.3) is 0 Å². The summed E-state index contributed by atoms with van der Waals surface area (Å²) in [5.74, 6) is 0.376. The molecule has 0 aromatic heterocycles. The molecule has 0 fully saturated rings. The van der Waals surface area contributed by atoms with Crippen LogP contribution in [-0.4, -0.2) is 11.6 Å².